The first kappa shape index (κ1) is 18.4. The number of unbranched alkanes of at least 4 members (excludes halogenated alkanes) is 1. The molecule has 0 spiro atoms. The third-order valence-electron chi connectivity index (χ3n) is 5.11. The Kier molecular flexibility index (Phi) is 5.53. The Hall–Kier alpha value is -2.93. The topological polar surface area (TPSA) is 78.8 Å². The fourth-order valence-corrected chi connectivity index (χ4v) is 3.61. The van der Waals surface area contributed by atoms with Crippen molar-refractivity contribution in [2.75, 3.05) is 13.1 Å². The first-order valence-electron chi connectivity index (χ1n) is 9.89. The Bertz CT molecular complexity index is 930. The minimum absolute atomic E-state index is 0.123. The van der Waals surface area contributed by atoms with E-state index >= 15 is 0 Å². The van der Waals surface area contributed by atoms with Gasteiger partial charge < -0.3 is 10.3 Å². The van der Waals surface area contributed by atoms with Crippen LogP contribution in [0.1, 0.15) is 41.5 Å². The molecule has 0 atom stereocenters. The number of aromatic amines is 1. The van der Waals surface area contributed by atoms with E-state index in [1.807, 2.05) is 24.3 Å². The van der Waals surface area contributed by atoms with Crippen molar-refractivity contribution in [3.63, 3.8) is 0 Å². The van der Waals surface area contributed by atoms with Crippen molar-refractivity contribution < 1.29 is 4.79 Å². The first-order chi connectivity index (χ1) is 13.7. The van der Waals surface area contributed by atoms with Crippen LogP contribution in [0.5, 0.6) is 0 Å². The van der Waals surface area contributed by atoms with Crippen LogP contribution >= 0.6 is 0 Å². The zero-order valence-electron chi connectivity index (χ0n) is 16.2. The molecular weight excluding hydrogens is 352 g/mol. The van der Waals surface area contributed by atoms with Crippen molar-refractivity contribution in [3.05, 3.63) is 59.7 Å². The Morgan fingerprint density at radius 3 is 3.00 bits per heavy atom. The van der Waals surface area contributed by atoms with Crippen LogP contribution in [0.4, 0.5) is 0 Å². The van der Waals surface area contributed by atoms with Gasteiger partial charge in [0.25, 0.3) is 5.91 Å². The molecule has 1 aromatic carbocycles. The number of hydrogen-bond acceptors (Lipinski definition) is 4. The molecule has 7 nitrogen and oxygen atoms in total. The molecule has 1 amide bonds. The van der Waals surface area contributed by atoms with Crippen LogP contribution in [0.15, 0.2) is 42.7 Å². The maximum absolute atomic E-state index is 12.8. The van der Waals surface area contributed by atoms with Gasteiger partial charge in [-0.05, 0) is 25.1 Å². The normalized spacial score (nSPS) is 14.0. The van der Waals surface area contributed by atoms with Gasteiger partial charge in [0.2, 0.25) is 0 Å². The zero-order chi connectivity index (χ0) is 19.3. The Morgan fingerprint density at radius 1 is 1.29 bits per heavy atom. The van der Waals surface area contributed by atoms with Crippen molar-refractivity contribution in [3.8, 4) is 11.4 Å². The molecule has 0 saturated heterocycles. The van der Waals surface area contributed by atoms with Crippen LogP contribution in [0.3, 0.4) is 0 Å². The highest BCUT2D eigenvalue weighted by molar-refractivity contribution is 6.00. The van der Waals surface area contributed by atoms with Crippen LogP contribution in [0.25, 0.3) is 11.4 Å². The summed E-state index contributed by atoms with van der Waals surface area (Å²) < 4.78 is 2.07. The zero-order valence-corrected chi connectivity index (χ0v) is 16.2. The van der Waals surface area contributed by atoms with E-state index in [1.54, 1.807) is 12.4 Å². The van der Waals surface area contributed by atoms with Crippen LogP contribution in [0, 0.1) is 0 Å². The number of carbonyl (C=O) groups excluding carboxylic acids is 1. The molecule has 3 heterocycles. The minimum Gasteiger partial charge on any atom is -0.346 e. The molecular formula is C21H26N6O. The van der Waals surface area contributed by atoms with Crippen LogP contribution in [-0.2, 0) is 19.6 Å². The summed E-state index contributed by atoms with van der Waals surface area (Å²) in [5.41, 5.74) is 3.52. The third-order valence-corrected chi connectivity index (χ3v) is 5.11. The smallest absolute Gasteiger partial charge is 0.252 e. The molecule has 7 heteroatoms. The lowest BCUT2D eigenvalue weighted by Crippen LogP contribution is -2.34. The minimum atomic E-state index is -0.123. The molecule has 1 aliphatic heterocycles. The molecule has 2 N–H and O–H groups in total. The molecule has 1 aliphatic rings. The molecule has 4 rings (SSSR count). The van der Waals surface area contributed by atoms with Crippen LogP contribution < -0.4 is 5.32 Å². The molecule has 28 heavy (non-hydrogen) atoms. The number of hydrogen-bond donors (Lipinski definition) is 2. The molecule has 146 valence electrons. The molecule has 0 radical (unpaired) electrons. The Labute approximate surface area is 164 Å². The van der Waals surface area contributed by atoms with Crippen molar-refractivity contribution in [1.82, 2.24) is 30.0 Å². The number of rotatable bonds is 7. The second kappa shape index (κ2) is 8.39. The first-order valence-corrected chi connectivity index (χ1v) is 9.89. The highest BCUT2D eigenvalue weighted by Crippen LogP contribution is 2.20. The predicted molar refractivity (Wildman–Crippen MR) is 108 cm³/mol. The molecule has 0 aliphatic carbocycles. The van der Waals surface area contributed by atoms with Gasteiger partial charge in [0.1, 0.15) is 5.82 Å². The maximum Gasteiger partial charge on any atom is 0.252 e. The van der Waals surface area contributed by atoms with Gasteiger partial charge in [-0.15, -0.1) is 0 Å². The lowest BCUT2D eigenvalue weighted by molar-refractivity contribution is 0.0951. The van der Waals surface area contributed by atoms with E-state index in [1.165, 1.54) is 18.5 Å². The third kappa shape index (κ3) is 3.99. The molecule has 2 aromatic heterocycles. The number of fused-ring (bicyclic) bond motifs is 1. The van der Waals surface area contributed by atoms with E-state index in [4.69, 9.17) is 0 Å². The number of amides is 1. The summed E-state index contributed by atoms with van der Waals surface area (Å²) in [6, 6.07) is 9.59. The van der Waals surface area contributed by atoms with Gasteiger partial charge in [0.05, 0.1) is 30.0 Å². The van der Waals surface area contributed by atoms with Gasteiger partial charge in [-0.25, -0.2) is 4.98 Å². The van der Waals surface area contributed by atoms with Crippen molar-refractivity contribution in [2.45, 2.75) is 39.4 Å². The highest BCUT2D eigenvalue weighted by Gasteiger charge is 2.19. The molecule has 0 unspecified atom stereocenters. The monoisotopic (exact) mass is 378 g/mol. The lowest BCUT2D eigenvalue weighted by Gasteiger charge is -2.27. The lowest BCUT2D eigenvalue weighted by atomic mass is 10.1. The summed E-state index contributed by atoms with van der Waals surface area (Å²) in [6.45, 7) is 6.66. The van der Waals surface area contributed by atoms with Gasteiger partial charge in [-0.1, -0.05) is 31.5 Å². The van der Waals surface area contributed by atoms with E-state index in [0.717, 1.165) is 37.4 Å². The summed E-state index contributed by atoms with van der Waals surface area (Å²) in [6.07, 6.45) is 5.88. The number of carbonyl (C=O) groups is 1. The number of imidazole rings is 1. The van der Waals surface area contributed by atoms with E-state index in [2.05, 4.69) is 43.0 Å². The largest absolute Gasteiger partial charge is 0.346 e. The average Bonchev–Trinajstić information content (AvgIpc) is 3.39. The predicted octanol–water partition coefficient (Wildman–Crippen LogP) is 2.82. The number of aromatic nitrogens is 4. The summed E-state index contributed by atoms with van der Waals surface area (Å²) in [7, 11) is 0. The Balaban J connectivity index is 1.41. The number of nitrogens with one attached hydrogen (secondary N) is 2. The fourth-order valence-electron chi connectivity index (χ4n) is 3.61. The second-order valence-corrected chi connectivity index (χ2v) is 7.15. The molecule has 0 saturated carbocycles. The highest BCUT2D eigenvalue weighted by atomic mass is 16.1. The summed E-state index contributed by atoms with van der Waals surface area (Å²) in [5, 5.41) is 7.66. The van der Waals surface area contributed by atoms with Gasteiger partial charge in [-0.3, -0.25) is 14.4 Å². The van der Waals surface area contributed by atoms with Crippen molar-refractivity contribution >= 4 is 5.91 Å². The number of nitrogens with zero attached hydrogens (tertiary/aromatic N) is 4. The van der Waals surface area contributed by atoms with Gasteiger partial charge in [0, 0.05) is 31.0 Å². The quantitative estimate of drug-likeness (QED) is 0.663. The summed E-state index contributed by atoms with van der Waals surface area (Å²) >= 11 is 0. The van der Waals surface area contributed by atoms with E-state index in [9.17, 15) is 4.79 Å². The number of H-pyrrole nitrogens is 1. The molecule has 3 aromatic rings. The van der Waals surface area contributed by atoms with Crippen LogP contribution in [0.2, 0.25) is 0 Å². The summed E-state index contributed by atoms with van der Waals surface area (Å²) in [4.78, 5) is 22.6. The molecule has 0 fully saturated rings. The van der Waals surface area contributed by atoms with E-state index in [0.29, 0.717) is 17.9 Å². The SMILES string of the molecule is CCCCN1CCn2nc(CNC(=O)c3ccccc3-c3ncc[nH]3)cc2C1. The average molecular weight is 378 g/mol. The van der Waals surface area contributed by atoms with Crippen molar-refractivity contribution in [1.29, 1.82) is 0 Å². The van der Waals surface area contributed by atoms with Gasteiger partial charge in [0.15, 0.2) is 0 Å². The Morgan fingerprint density at radius 2 is 2.18 bits per heavy atom. The molecule has 0 bridgehead atoms. The fraction of sp³-hybridized carbons (Fsp3) is 0.381. The van der Waals surface area contributed by atoms with E-state index in [-0.39, 0.29) is 5.91 Å². The van der Waals surface area contributed by atoms with E-state index < -0.39 is 0 Å². The van der Waals surface area contributed by atoms with Crippen molar-refractivity contribution in [2.24, 2.45) is 0 Å². The van der Waals surface area contributed by atoms with Gasteiger partial charge in [-0.2, -0.15) is 5.10 Å². The second-order valence-electron chi connectivity index (χ2n) is 7.15. The standard InChI is InChI=1S/C21H26N6O/c1-2-3-10-26-11-12-27-17(15-26)13-16(25-27)14-24-21(28)19-7-5-4-6-18(19)20-22-8-9-23-20/h4-9,13H,2-3,10-12,14-15H2,1H3,(H,22,23)(H,24,28). The van der Waals surface area contributed by atoms with Crippen LogP contribution in [-0.4, -0.2) is 43.6 Å². The maximum atomic E-state index is 12.8. The van der Waals surface area contributed by atoms with Gasteiger partial charge >= 0.3 is 0 Å². The number of benzene rings is 1. The summed E-state index contributed by atoms with van der Waals surface area (Å²) in [5.74, 6) is 0.568.